The number of aliphatic hydroxyl groups is 1. The van der Waals surface area contributed by atoms with Crippen LogP contribution in [-0.2, 0) is 0 Å². The number of benzene rings is 1. The first-order valence-electron chi connectivity index (χ1n) is 4.35. The van der Waals surface area contributed by atoms with Gasteiger partial charge in [0.05, 0.1) is 12.1 Å². The standard InChI is InChI=1S/C10H12FNO/c1-5-6-3-2-4-7(11)8(6)9(12)10(5)13/h2-5,9-10,13H,12H2,1H3. The predicted octanol–water partition coefficient (Wildman–Crippen LogP) is 1.30. The van der Waals surface area contributed by atoms with Gasteiger partial charge in [-0.2, -0.15) is 0 Å². The zero-order chi connectivity index (χ0) is 9.59. The molecule has 1 aliphatic rings. The van der Waals surface area contributed by atoms with Gasteiger partial charge in [-0.3, -0.25) is 0 Å². The van der Waals surface area contributed by atoms with Crippen LogP contribution in [0, 0.1) is 5.82 Å². The highest BCUT2D eigenvalue weighted by atomic mass is 19.1. The van der Waals surface area contributed by atoms with Gasteiger partial charge in [-0.1, -0.05) is 19.1 Å². The largest absolute Gasteiger partial charge is 0.391 e. The van der Waals surface area contributed by atoms with Gasteiger partial charge in [0.1, 0.15) is 5.82 Å². The lowest BCUT2D eigenvalue weighted by atomic mass is 10.0. The minimum Gasteiger partial charge on any atom is -0.391 e. The monoisotopic (exact) mass is 181 g/mol. The van der Waals surface area contributed by atoms with E-state index in [1.165, 1.54) is 6.07 Å². The second-order valence-electron chi connectivity index (χ2n) is 3.55. The third-order valence-electron chi connectivity index (χ3n) is 2.79. The maximum absolute atomic E-state index is 13.3. The summed E-state index contributed by atoms with van der Waals surface area (Å²) in [5.74, 6) is -0.380. The van der Waals surface area contributed by atoms with E-state index in [-0.39, 0.29) is 11.7 Å². The summed E-state index contributed by atoms with van der Waals surface area (Å²) in [5.41, 5.74) is 7.00. The lowest BCUT2D eigenvalue weighted by molar-refractivity contribution is 0.135. The molecule has 3 unspecified atom stereocenters. The highest BCUT2D eigenvalue weighted by molar-refractivity contribution is 5.40. The number of fused-ring (bicyclic) bond motifs is 1. The molecule has 0 amide bonds. The molecule has 1 aromatic rings. The second-order valence-corrected chi connectivity index (χ2v) is 3.55. The van der Waals surface area contributed by atoms with Crippen LogP contribution in [0.1, 0.15) is 30.0 Å². The molecule has 0 heterocycles. The lowest BCUT2D eigenvalue weighted by Crippen LogP contribution is -2.23. The van der Waals surface area contributed by atoms with Gasteiger partial charge in [-0.25, -0.2) is 4.39 Å². The maximum Gasteiger partial charge on any atom is 0.128 e. The molecule has 70 valence electrons. The fourth-order valence-electron chi connectivity index (χ4n) is 1.97. The fourth-order valence-corrected chi connectivity index (χ4v) is 1.97. The Morgan fingerprint density at radius 3 is 2.77 bits per heavy atom. The van der Waals surface area contributed by atoms with E-state index in [1.54, 1.807) is 6.07 Å². The predicted molar refractivity (Wildman–Crippen MR) is 47.8 cm³/mol. The molecule has 2 nitrogen and oxygen atoms in total. The smallest absolute Gasteiger partial charge is 0.128 e. The molecule has 0 spiro atoms. The Labute approximate surface area is 76.2 Å². The van der Waals surface area contributed by atoms with Crippen molar-refractivity contribution in [3.63, 3.8) is 0 Å². The average Bonchev–Trinajstić information content (AvgIpc) is 2.33. The zero-order valence-corrected chi connectivity index (χ0v) is 7.37. The van der Waals surface area contributed by atoms with Crippen LogP contribution in [0.3, 0.4) is 0 Å². The number of halogens is 1. The molecule has 0 saturated carbocycles. The summed E-state index contributed by atoms with van der Waals surface area (Å²) in [6.07, 6.45) is -0.660. The summed E-state index contributed by atoms with van der Waals surface area (Å²) in [6, 6.07) is 4.27. The van der Waals surface area contributed by atoms with Crippen LogP contribution in [0.5, 0.6) is 0 Å². The molecule has 3 N–H and O–H groups in total. The molecule has 0 saturated heterocycles. The van der Waals surface area contributed by atoms with Gasteiger partial charge in [-0.15, -0.1) is 0 Å². The van der Waals surface area contributed by atoms with E-state index in [9.17, 15) is 9.50 Å². The molecule has 0 bridgehead atoms. The Kier molecular flexibility index (Phi) is 1.86. The van der Waals surface area contributed by atoms with Crippen LogP contribution < -0.4 is 5.73 Å². The summed E-state index contributed by atoms with van der Waals surface area (Å²) < 4.78 is 13.3. The Hall–Kier alpha value is -0.930. The molecule has 3 atom stereocenters. The number of rotatable bonds is 0. The number of aliphatic hydroxyl groups excluding tert-OH is 1. The SMILES string of the molecule is CC1c2cccc(F)c2C(N)C1O. The van der Waals surface area contributed by atoms with Crippen molar-refractivity contribution < 1.29 is 9.50 Å². The highest BCUT2D eigenvalue weighted by Gasteiger charge is 2.36. The molecule has 13 heavy (non-hydrogen) atoms. The normalized spacial score (nSPS) is 31.8. The topological polar surface area (TPSA) is 46.2 Å². The van der Waals surface area contributed by atoms with Gasteiger partial charge in [-0.05, 0) is 11.6 Å². The minimum atomic E-state index is -0.660. The van der Waals surface area contributed by atoms with Crippen molar-refractivity contribution >= 4 is 0 Å². The molecule has 2 rings (SSSR count). The molecular weight excluding hydrogens is 169 g/mol. The van der Waals surface area contributed by atoms with Gasteiger partial charge in [0.25, 0.3) is 0 Å². The van der Waals surface area contributed by atoms with Gasteiger partial charge in [0.2, 0.25) is 0 Å². The first-order chi connectivity index (χ1) is 6.13. The summed E-state index contributed by atoms with van der Waals surface area (Å²) in [4.78, 5) is 0. The van der Waals surface area contributed by atoms with Crippen molar-refractivity contribution in [3.05, 3.63) is 35.1 Å². The van der Waals surface area contributed by atoms with E-state index in [4.69, 9.17) is 5.73 Å². The molecule has 0 fully saturated rings. The van der Waals surface area contributed by atoms with E-state index in [0.29, 0.717) is 5.56 Å². The number of hydrogen-bond acceptors (Lipinski definition) is 2. The van der Waals surface area contributed by atoms with E-state index in [2.05, 4.69) is 0 Å². The molecule has 3 heteroatoms. The lowest BCUT2D eigenvalue weighted by Gasteiger charge is -2.12. The van der Waals surface area contributed by atoms with E-state index >= 15 is 0 Å². The molecule has 0 radical (unpaired) electrons. The van der Waals surface area contributed by atoms with Crippen LogP contribution in [0.4, 0.5) is 4.39 Å². The first kappa shape index (κ1) is 8.66. The maximum atomic E-state index is 13.3. The molecule has 1 aromatic carbocycles. The van der Waals surface area contributed by atoms with Crippen molar-refractivity contribution in [1.82, 2.24) is 0 Å². The number of nitrogens with two attached hydrogens (primary N) is 1. The molecular formula is C10H12FNO. The van der Waals surface area contributed by atoms with Crippen LogP contribution in [0.2, 0.25) is 0 Å². The van der Waals surface area contributed by atoms with Crippen LogP contribution in [-0.4, -0.2) is 11.2 Å². The van der Waals surface area contributed by atoms with Crippen molar-refractivity contribution in [3.8, 4) is 0 Å². The Morgan fingerprint density at radius 1 is 1.46 bits per heavy atom. The average molecular weight is 181 g/mol. The van der Waals surface area contributed by atoms with Gasteiger partial charge >= 0.3 is 0 Å². The van der Waals surface area contributed by atoms with E-state index in [1.807, 2.05) is 13.0 Å². The third kappa shape index (κ3) is 1.08. The Bertz CT molecular complexity index is 340. The quantitative estimate of drug-likeness (QED) is 0.633. The summed E-state index contributed by atoms with van der Waals surface area (Å²) in [6.45, 7) is 1.86. The summed E-state index contributed by atoms with van der Waals surface area (Å²) in [5, 5.41) is 9.62. The zero-order valence-electron chi connectivity index (χ0n) is 7.37. The van der Waals surface area contributed by atoms with E-state index < -0.39 is 12.1 Å². The summed E-state index contributed by atoms with van der Waals surface area (Å²) >= 11 is 0. The highest BCUT2D eigenvalue weighted by Crippen LogP contribution is 2.39. The fraction of sp³-hybridized carbons (Fsp3) is 0.400. The van der Waals surface area contributed by atoms with Crippen molar-refractivity contribution in [2.24, 2.45) is 5.73 Å². The second kappa shape index (κ2) is 2.79. The molecule has 0 aliphatic heterocycles. The van der Waals surface area contributed by atoms with Crippen molar-refractivity contribution in [2.45, 2.75) is 25.0 Å². The van der Waals surface area contributed by atoms with Crippen LogP contribution >= 0.6 is 0 Å². The van der Waals surface area contributed by atoms with Gasteiger partial charge < -0.3 is 10.8 Å². The Balaban J connectivity index is 2.60. The summed E-state index contributed by atoms with van der Waals surface area (Å²) in [7, 11) is 0. The van der Waals surface area contributed by atoms with E-state index in [0.717, 1.165) is 5.56 Å². The van der Waals surface area contributed by atoms with Crippen LogP contribution in [0.25, 0.3) is 0 Å². The molecule has 0 aromatic heterocycles. The van der Waals surface area contributed by atoms with Gasteiger partial charge in [0.15, 0.2) is 0 Å². The van der Waals surface area contributed by atoms with Crippen molar-refractivity contribution in [1.29, 1.82) is 0 Å². The third-order valence-corrected chi connectivity index (χ3v) is 2.79. The van der Waals surface area contributed by atoms with Crippen LogP contribution in [0.15, 0.2) is 18.2 Å². The van der Waals surface area contributed by atoms with Crippen molar-refractivity contribution in [2.75, 3.05) is 0 Å². The molecule has 1 aliphatic carbocycles. The first-order valence-corrected chi connectivity index (χ1v) is 4.35. The number of hydrogen-bond donors (Lipinski definition) is 2. The minimum absolute atomic E-state index is 0.0688. The van der Waals surface area contributed by atoms with Gasteiger partial charge in [0, 0.05) is 11.5 Å². The Morgan fingerprint density at radius 2 is 2.15 bits per heavy atom.